The van der Waals surface area contributed by atoms with Crippen LogP contribution in [0.3, 0.4) is 0 Å². The molecule has 0 aromatic heterocycles. The van der Waals surface area contributed by atoms with Crippen molar-refractivity contribution in [2.45, 2.75) is 30.7 Å². The van der Waals surface area contributed by atoms with Crippen LogP contribution in [0.15, 0.2) is 0 Å². The van der Waals surface area contributed by atoms with E-state index in [0.29, 0.717) is 0 Å². The molecule has 1 fully saturated rings. The molecule has 0 aromatic rings. The third kappa shape index (κ3) is 1.79. The van der Waals surface area contributed by atoms with Crippen molar-refractivity contribution in [1.29, 1.82) is 0 Å². The summed E-state index contributed by atoms with van der Waals surface area (Å²) in [5.74, 6) is -1.52. The van der Waals surface area contributed by atoms with Crippen molar-refractivity contribution in [3.63, 3.8) is 0 Å². The maximum atomic E-state index is 10.4. The summed E-state index contributed by atoms with van der Waals surface area (Å²) in [5, 5.41) is 44.4. The lowest BCUT2D eigenvalue weighted by atomic mass is 9.99. The van der Waals surface area contributed by atoms with E-state index in [9.17, 15) is 4.79 Å². The molecule has 5 atom stereocenters. The third-order valence-electron chi connectivity index (χ3n) is 1.83. The highest BCUT2D eigenvalue weighted by Gasteiger charge is 2.46. The molecule has 1 rings (SSSR count). The molecule has 0 radical (unpaired) electrons. The van der Waals surface area contributed by atoms with E-state index in [-0.39, 0.29) is 0 Å². The first kappa shape index (κ1) is 10.4. The molecule has 0 aromatic carbocycles. The molecule has 7 heteroatoms. The van der Waals surface area contributed by atoms with E-state index < -0.39 is 36.7 Å². The molecule has 1 heterocycles. The highest BCUT2D eigenvalue weighted by atomic mass is 16.6. The van der Waals surface area contributed by atoms with Gasteiger partial charge in [0.15, 0.2) is 12.4 Å². The fourth-order valence-electron chi connectivity index (χ4n) is 1.07. The highest BCUT2D eigenvalue weighted by molar-refractivity contribution is 5.73. The van der Waals surface area contributed by atoms with Gasteiger partial charge in [0.1, 0.15) is 18.3 Å². The molecule has 1 aliphatic heterocycles. The molecule has 76 valence electrons. The first-order valence-electron chi connectivity index (χ1n) is 3.55. The van der Waals surface area contributed by atoms with Gasteiger partial charge >= 0.3 is 5.97 Å². The van der Waals surface area contributed by atoms with Crippen molar-refractivity contribution in [3.05, 3.63) is 0 Å². The average Bonchev–Trinajstić information content (AvgIpc) is 2.07. The number of rotatable bonds is 1. The number of carboxylic acids is 1. The van der Waals surface area contributed by atoms with Crippen LogP contribution in [0.25, 0.3) is 0 Å². The summed E-state index contributed by atoms with van der Waals surface area (Å²) in [6.45, 7) is 0. The van der Waals surface area contributed by atoms with Crippen LogP contribution in [-0.4, -0.2) is 62.2 Å². The zero-order valence-corrected chi connectivity index (χ0v) is 6.44. The molecule has 0 saturated carbocycles. The number of ether oxygens (including phenoxy) is 1. The van der Waals surface area contributed by atoms with E-state index in [2.05, 4.69) is 4.74 Å². The van der Waals surface area contributed by atoms with E-state index in [1.807, 2.05) is 0 Å². The van der Waals surface area contributed by atoms with E-state index >= 15 is 0 Å². The Morgan fingerprint density at radius 3 is 2.00 bits per heavy atom. The molecule has 0 amide bonds. The summed E-state index contributed by atoms with van der Waals surface area (Å²) in [4.78, 5) is 10.4. The third-order valence-corrected chi connectivity index (χ3v) is 1.83. The van der Waals surface area contributed by atoms with Gasteiger partial charge in [-0.05, 0) is 0 Å². The van der Waals surface area contributed by atoms with Gasteiger partial charge in [-0.15, -0.1) is 0 Å². The predicted molar refractivity (Wildman–Crippen MR) is 36.5 cm³/mol. The van der Waals surface area contributed by atoms with Gasteiger partial charge in [-0.3, -0.25) is 0 Å². The Bertz CT molecular complexity index is 205. The van der Waals surface area contributed by atoms with Crippen LogP contribution in [0.1, 0.15) is 0 Å². The first-order chi connectivity index (χ1) is 5.95. The Morgan fingerprint density at radius 2 is 1.54 bits per heavy atom. The molecule has 5 N–H and O–H groups in total. The highest BCUT2D eigenvalue weighted by Crippen LogP contribution is 2.19. The van der Waals surface area contributed by atoms with Crippen LogP contribution in [-0.2, 0) is 9.53 Å². The van der Waals surface area contributed by atoms with Crippen molar-refractivity contribution in [3.8, 4) is 0 Å². The minimum Gasteiger partial charge on any atom is -0.479 e. The minimum atomic E-state index is -1.81. The summed E-state index contributed by atoms with van der Waals surface area (Å²) < 4.78 is 4.34. The van der Waals surface area contributed by atoms with Crippen molar-refractivity contribution in [2.75, 3.05) is 0 Å². The zero-order chi connectivity index (χ0) is 10.2. The van der Waals surface area contributed by atoms with Gasteiger partial charge < -0.3 is 30.3 Å². The quantitative estimate of drug-likeness (QED) is 0.298. The van der Waals surface area contributed by atoms with Crippen molar-refractivity contribution in [2.24, 2.45) is 0 Å². The van der Waals surface area contributed by atoms with Gasteiger partial charge in [0.25, 0.3) is 0 Å². The Hall–Kier alpha value is -0.730. The first-order valence-corrected chi connectivity index (χ1v) is 3.55. The van der Waals surface area contributed by atoms with Crippen molar-refractivity contribution >= 4 is 5.97 Å². The molecule has 0 unspecified atom stereocenters. The molecule has 0 spiro atoms. The Kier molecular flexibility index (Phi) is 2.84. The molecular weight excluding hydrogens is 184 g/mol. The lowest BCUT2D eigenvalue weighted by Crippen LogP contribution is -2.59. The monoisotopic (exact) mass is 194 g/mol. The van der Waals surface area contributed by atoms with Crippen LogP contribution in [0.4, 0.5) is 0 Å². The molecule has 0 aliphatic carbocycles. The summed E-state index contributed by atoms with van der Waals surface area (Å²) in [5.41, 5.74) is 0. The second-order valence-corrected chi connectivity index (χ2v) is 2.76. The molecule has 1 aliphatic rings. The van der Waals surface area contributed by atoms with Gasteiger partial charge in [-0.25, -0.2) is 4.79 Å². The molecule has 13 heavy (non-hydrogen) atoms. The van der Waals surface area contributed by atoms with Gasteiger partial charge in [0, 0.05) is 0 Å². The summed E-state index contributed by atoms with van der Waals surface area (Å²) in [7, 11) is 0. The van der Waals surface area contributed by atoms with Crippen LogP contribution >= 0.6 is 0 Å². The van der Waals surface area contributed by atoms with E-state index in [1.54, 1.807) is 0 Å². The van der Waals surface area contributed by atoms with E-state index in [1.165, 1.54) is 0 Å². The summed E-state index contributed by atoms with van der Waals surface area (Å²) in [6.07, 6.45) is -8.72. The minimum absolute atomic E-state index is 1.52. The number of aliphatic hydroxyl groups is 4. The maximum absolute atomic E-state index is 10.4. The SMILES string of the molecule is O=C(O)[C@@H]1O[C@H](O)[C@H](O)[C@H](O)[C@@H]1O. The lowest BCUT2D eigenvalue weighted by molar-refractivity contribution is -0.279. The van der Waals surface area contributed by atoms with Gasteiger partial charge in [0.2, 0.25) is 0 Å². The predicted octanol–water partition coefficient (Wildman–Crippen LogP) is -3.13. The molecular formula is C6H10O7. The number of hydrogen-bond acceptors (Lipinski definition) is 6. The Labute approximate surface area is 72.8 Å². The topological polar surface area (TPSA) is 127 Å². The molecule has 0 bridgehead atoms. The largest absolute Gasteiger partial charge is 0.479 e. The Balaban J connectivity index is 2.76. The Morgan fingerprint density at radius 1 is 1.00 bits per heavy atom. The smallest absolute Gasteiger partial charge is 0.335 e. The number of aliphatic carboxylic acids is 1. The van der Waals surface area contributed by atoms with Crippen LogP contribution in [0, 0.1) is 0 Å². The number of hydrogen-bond donors (Lipinski definition) is 5. The normalized spacial score (nSPS) is 46.0. The van der Waals surface area contributed by atoms with Crippen molar-refractivity contribution < 1.29 is 35.1 Å². The lowest BCUT2D eigenvalue weighted by Gasteiger charge is -2.36. The molecule has 7 nitrogen and oxygen atoms in total. The number of aliphatic hydroxyl groups excluding tert-OH is 4. The van der Waals surface area contributed by atoms with Gasteiger partial charge in [-0.2, -0.15) is 0 Å². The number of carboxylic acid groups (broad SMARTS) is 1. The van der Waals surface area contributed by atoms with Crippen LogP contribution in [0.2, 0.25) is 0 Å². The second kappa shape index (κ2) is 3.56. The number of carbonyl (C=O) groups is 1. The van der Waals surface area contributed by atoms with E-state index in [4.69, 9.17) is 25.5 Å². The van der Waals surface area contributed by atoms with Crippen LogP contribution < -0.4 is 0 Å². The average molecular weight is 194 g/mol. The summed E-state index contributed by atoms with van der Waals surface area (Å²) in [6, 6.07) is 0. The summed E-state index contributed by atoms with van der Waals surface area (Å²) >= 11 is 0. The van der Waals surface area contributed by atoms with Crippen LogP contribution in [0.5, 0.6) is 0 Å². The standard InChI is InChI=1S/C6H10O7/c7-1-2(8)4(5(10)11)13-6(12)3(1)9/h1-4,6-9,12H,(H,10,11)/t1-,2+,3-,4-,6+/m1/s1. The second-order valence-electron chi connectivity index (χ2n) is 2.76. The maximum Gasteiger partial charge on any atom is 0.335 e. The zero-order valence-electron chi connectivity index (χ0n) is 6.44. The fourth-order valence-corrected chi connectivity index (χ4v) is 1.07. The fraction of sp³-hybridized carbons (Fsp3) is 0.833. The van der Waals surface area contributed by atoms with Gasteiger partial charge in [0.05, 0.1) is 0 Å². The van der Waals surface area contributed by atoms with Gasteiger partial charge in [-0.1, -0.05) is 0 Å². The van der Waals surface area contributed by atoms with Crippen molar-refractivity contribution in [1.82, 2.24) is 0 Å². The molecule has 1 saturated heterocycles. The van der Waals surface area contributed by atoms with E-state index in [0.717, 1.165) is 0 Å².